The van der Waals surface area contributed by atoms with Crippen LogP contribution < -0.4 is 0 Å². The van der Waals surface area contributed by atoms with Crippen molar-refractivity contribution in [3.63, 3.8) is 0 Å². The minimum atomic E-state index is -2.09. The van der Waals surface area contributed by atoms with E-state index >= 15 is 0 Å². The fourth-order valence-corrected chi connectivity index (χ4v) is 16.2. The van der Waals surface area contributed by atoms with Crippen molar-refractivity contribution in [1.82, 2.24) is 0 Å². The van der Waals surface area contributed by atoms with Crippen molar-refractivity contribution in [2.24, 2.45) is 50.2 Å². The van der Waals surface area contributed by atoms with Crippen LogP contribution in [0.15, 0.2) is 11.6 Å². The van der Waals surface area contributed by atoms with E-state index in [0.29, 0.717) is 44.9 Å². The Morgan fingerprint density at radius 2 is 1.20 bits per heavy atom. The van der Waals surface area contributed by atoms with Crippen LogP contribution in [0.1, 0.15) is 113 Å². The lowest BCUT2D eigenvalue weighted by Crippen LogP contribution is -2.68. The lowest BCUT2D eigenvalue weighted by molar-refractivity contribution is -0.392. The number of hydrogen-bond acceptors (Lipinski definition) is 22. The maximum atomic E-state index is 14.8. The number of carboxylic acids is 1. The number of hydrogen-bond donors (Lipinski definition) is 13. The van der Waals surface area contributed by atoms with E-state index in [1.807, 2.05) is 0 Å². The molecule has 0 unspecified atom stereocenters. The Morgan fingerprint density at radius 3 is 1.83 bits per heavy atom. The van der Waals surface area contributed by atoms with E-state index in [4.69, 9.17) is 37.9 Å². The summed E-state index contributed by atoms with van der Waals surface area (Å²) in [7, 11) is 0. The second-order valence-electron chi connectivity index (χ2n) is 25.9. The Kier molecular flexibility index (Phi) is 16.2. The van der Waals surface area contributed by atoms with Crippen LogP contribution in [-0.4, -0.2) is 221 Å². The van der Waals surface area contributed by atoms with Gasteiger partial charge in [-0.15, -0.1) is 0 Å². The molecule has 0 radical (unpaired) electrons. The number of rotatable bonds is 11. The Morgan fingerprint density at radius 1 is 0.605 bits per heavy atom. The number of ether oxygens (including phenoxy) is 8. The van der Waals surface area contributed by atoms with Crippen molar-refractivity contribution in [2.75, 3.05) is 19.8 Å². The van der Waals surface area contributed by atoms with Crippen molar-refractivity contribution in [1.29, 1.82) is 0 Å². The molecule has 76 heavy (non-hydrogen) atoms. The summed E-state index contributed by atoms with van der Waals surface area (Å²) in [4.78, 5) is 27.6. The second kappa shape index (κ2) is 21.0. The van der Waals surface area contributed by atoms with Gasteiger partial charge in [0.2, 0.25) is 6.29 Å². The van der Waals surface area contributed by atoms with Gasteiger partial charge in [0, 0.05) is 0 Å². The molecule has 4 saturated carbocycles. The summed E-state index contributed by atoms with van der Waals surface area (Å²) in [5, 5.41) is 138. The van der Waals surface area contributed by atoms with Gasteiger partial charge in [-0.05, 0) is 109 Å². The quantitative estimate of drug-likeness (QED) is 0.0649. The van der Waals surface area contributed by atoms with E-state index in [2.05, 4.69) is 54.5 Å². The molecule has 0 bridgehead atoms. The van der Waals surface area contributed by atoms with Gasteiger partial charge in [-0.2, -0.15) is 0 Å². The van der Waals surface area contributed by atoms with Crippen LogP contribution in [0.25, 0.3) is 0 Å². The molecule has 23 nitrogen and oxygen atoms in total. The van der Waals surface area contributed by atoms with Crippen LogP contribution >= 0.6 is 0 Å². The zero-order valence-electron chi connectivity index (χ0n) is 44.4. The number of aliphatic carboxylic acids is 1. The summed E-state index contributed by atoms with van der Waals surface area (Å²) in [5.74, 6) is -2.22. The first-order valence-corrected chi connectivity index (χ1v) is 27.2. The van der Waals surface area contributed by atoms with Gasteiger partial charge in [0.15, 0.2) is 25.0 Å². The van der Waals surface area contributed by atoms with Gasteiger partial charge in [-0.1, -0.05) is 60.1 Å². The molecule has 13 N–H and O–H groups in total. The van der Waals surface area contributed by atoms with E-state index in [1.165, 1.54) is 5.57 Å². The molecule has 0 spiro atoms. The third-order valence-corrected chi connectivity index (χ3v) is 21.0. The highest BCUT2D eigenvalue weighted by atomic mass is 16.8. The average molecular weight is 1090 g/mol. The fourth-order valence-electron chi connectivity index (χ4n) is 16.2. The summed E-state index contributed by atoms with van der Waals surface area (Å²) in [5.41, 5.74) is -1.45. The molecular weight excluding hydrogens is 1000 g/mol. The van der Waals surface area contributed by atoms with Crippen molar-refractivity contribution < 1.29 is 114 Å². The third-order valence-electron chi connectivity index (χ3n) is 21.0. The Bertz CT molecular complexity index is 2140. The molecule has 434 valence electrons. The Hall–Kier alpha value is -2.08. The second-order valence-corrected chi connectivity index (χ2v) is 25.9. The maximum Gasteiger partial charge on any atom is 0.335 e. The molecular formula is C53H84O23. The topological polar surface area (TPSA) is 371 Å². The molecule has 4 aliphatic heterocycles. The fraction of sp³-hybridized carbons (Fsp3) is 0.925. The zero-order chi connectivity index (χ0) is 55.6. The number of carbonyl (C=O) groups excluding carboxylic acids is 1. The average Bonchev–Trinajstić information content (AvgIpc) is 3.54. The maximum absolute atomic E-state index is 14.8. The Balaban J connectivity index is 0.999. The molecule has 27 atom stereocenters. The zero-order valence-corrected chi connectivity index (χ0v) is 44.4. The standard InChI is InChI=1S/C53H84O23/c1-48(2)14-16-53(47(68)76-45-37(64)34(61)32(59)26(20-55)71-45)17-15-51(6)22(23(53)18-48)8-9-28-50(5)12-11-29(49(3,4)27(50)10-13-52(28,51)7)72-46-41(75-44-36(63)33(60)31(58)25(19-54)70-44)39(38(65)40(74-46)42(66)67)73-43-35(62)30(57)24(56)21-69-43/h8,23-41,43-46,54-65H,9-21H2,1-7H3,(H,66,67)/t23-,24-,25-,26-,27-,28-,29+,30+,31-,32-,33+,34+,35-,36-,37-,38+,39+,40+,41-,43+,44+,45+,46-,50+,51-,52-,53+/m1/s1. The third kappa shape index (κ3) is 9.42. The van der Waals surface area contributed by atoms with Crippen LogP contribution in [0.3, 0.4) is 0 Å². The molecule has 4 saturated heterocycles. The van der Waals surface area contributed by atoms with Gasteiger partial charge in [0.1, 0.15) is 85.5 Å². The molecule has 5 aliphatic carbocycles. The molecule has 0 amide bonds. The number of aliphatic hydroxyl groups is 12. The van der Waals surface area contributed by atoms with Crippen LogP contribution in [0, 0.1) is 50.2 Å². The number of fused-ring (bicyclic) bond motifs is 7. The monoisotopic (exact) mass is 1090 g/mol. The highest BCUT2D eigenvalue weighted by Crippen LogP contribution is 2.76. The Labute approximate surface area is 442 Å². The normalized spacial score (nSPS) is 52.9. The minimum Gasteiger partial charge on any atom is -0.479 e. The van der Waals surface area contributed by atoms with E-state index in [0.717, 1.165) is 19.3 Å². The summed E-state index contributed by atoms with van der Waals surface area (Å²) < 4.78 is 48.1. The van der Waals surface area contributed by atoms with E-state index in [1.54, 1.807) is 0 Å². The largest absolute Gasteiger partial charge is 0.479 e. The highest BCUT2D eigenvalue weighted by Gasteiger charge is 2.70. The summed E-state index contributed by atoms with van der Waals surface area (Å²) in [6.45, 7) is 13.7. The van der Waals surface area contributed by atoms with Gasteiger partial charge in [-0.3, -0.25) is 4.79 Å². The first kappa shape index (κ1) is 58.6. The molecule has 9 rings (SSSR count). The van der Waals surface area contributed by atoms with Crippen molar-refractivity contribution in [3.8, 4) is 0 Å². The van der Waals surface area contributed by atoms with Gasteiger partial charge >= 0.3 is 11.9 Å². The molecule has 8 fully saturated rings. The molecule has 9 aliphatic rings. The van der Waals surface area contributed by atoms with Crippen molar-refractivity contribution in [2.45, 2.75) is 235 Å². The summed E-state index contributed by atoms with van der Waals surface area (Å²) in [6.07, 6.45) is -25.0. The molecule has 4 heterocycles. The summed E-state index contributed by atoms with van der Waals surface area (Å²) >= 11 is 0. The lowest BCUT2D eigenvalue weighted by Gasteiger charge is -2.71. The van der Waals surface area contributed by atoms with E-state index in [-0.39, 0.29) is 39.4 Å². The molecule has 0 aromatic carbocycles. The molecule has 0 aromatic heterocycles. The van der Waals surface area contributed by atoms with E-state index < -0.39 is 165 Å². The first-order chi connectivity index (χ1) is 35.5. The van der Waals surface area contributed by atoms with Crippen LogP contribution in [0.5, 0.6) is 0 Å². The number of allylic oxidation sites excluding steroid dienone is 2. The molecule has 0 aromatic rings. The number of aliphatic hydroxyl groups excluding tert-OH is 12. The van der Waals surface area contributed by atoms with Crippen molar-refractivity contribution in [3.05, 3.63) is 11.6 Å². The lowest BCUT2D eigenvalue weighted by atomic mass is 9.33. The highest BCUT2D eigenvalue weighted by molar-refractivity contribution is 5.79. The predicted octanol–water partition coefficient (Wildman–Crippen LogP) is -1.30. The van der Waals surface area contributed by atoms with Gasteiger partial charge in [-0.25, -0.2) is 4.79 Å². The van der Waals surface area contributed by atoms with Crippen LogP contribution in [0.4, 0.5) is 0 Å². The van der Waals surface area contributed by atoms with Gasteiger partial charge in [0.05, 0.1) is 31.3 Å². The van der Waals surface area contributed by atoms with Crippen LogP contribution in [0.2, 0.25) is 0 Å². The minimum absolute atomic E-state index is 0.000185. The van der Waals surface area contributed by atoms with E-state index in [9.17, 15) is 76.0 Å². The number of carbonyl (C=O) groups is 2. The van der Waals surface area contributed by atoms with Crippen molar-refractivity contribution >= 4 is 11.9 Å². The first-order valence-electron chi connectivity index (χ1n) is 27.2. The van der Waals surface area contributed by atoms with Gasteiger partial charge < -0.3 is 104 Å². The van der Waals surface area contributed by atoms with Crippen LogP contribution in [-0.2, 0) is 47.5 Å². The number of esters is 1. The smallest absolute Gasteiger partial charge is 0.335 e. The molecule has 23 heteroatoms. The SMILES string of the molecule is CC1(C)CC[C@]2(C(=O)O[C@@H]3O[C@H](CO)[C@@H](O)[C@H](O)[C@H]3O)CC[C@]3(C)C(=CC[C@@H]4[C@@]5(C)CC[C@H](O[C@@H]6O[C@H](C(=O)O)[C@@H](O)[C@H](O[C@@H]7OC[C@@H](O)[C@H](O)[C@H]7O)[C@H]6O[C@@H]6O[C@H](CO)[C@@H](O)[C@H](O)[C@H]6O)C(C)(C)[C@H]5CC[C@]43C)[C@H]2C1. The number of carboxylic acid groups (broad SMARTS) is 1. The predicted molar refractivity (Wildman–Crippen MR) is 257 cm³/mol. The van der Waals surface area contributed by atoms with Gasteiger partial charge in [0.25, 0.3) is 0 Å². The summed E-state index contributed by atoms with van der Waals surface area (Å²) in [6, 6.07) is 0.